The molecule has 0 aliphatic carbocycles. The highest BCUT2D eigenvalue weighted by Crippen LogP contribution is 2.30. The number of para-hydroxylation sites is 1. The molecule has 0 bridgehead atoms. The molecule has 8 heteroatoms. The minimum absolute atomic E-state index is 0.204. The quantitative estimate of drug-likeness (QED) is 0.684. The second kappa shape index (κ2) is 8.22. The molecule has 0 unspecified atom stereocenters. The molecule has 0 spiro atoms. The topological polar surface area (TPSA) is 95.7 Å². The summed E-state index contributed by atoms with van der Waals surface area (Å²) in [6.07, 6.45) is 0. The van der Waals surface area contributed by atoms with E-state index in [1.165, 1.54) is 7.11 Å². The highest BCUT2D eigenvalue weighted by Gasteiger charge is 2.14. The van der Waals surface area contributed by atoms with Crippen LogP contribution in [-0.4, -0.2) is 36.9 Å². The van der Waals surface area contributed by atoms with E-state index in [1.807, 2.05) is 6.07 Å². The molecule has 0 radical (unpaired) electrons. The molecule has 0 aliphatic heterocycles. The number of ether oxygens (including phenoxy) is 3. The van der Waals surface area contributed by atoms with Gasteiger partial charge in [0.2, 0.25) is 0 Å². The van der Waals surface area contributed by atoms with E-state index in [4.69, 9.17) is 18.7 Å². The van der Waals surface area contributed by atoms with Crippen LogP contribution < -0.4 is 19.5 Å². The van der Waals surface area contributed by atoms with E-state index < -0.39 is 0 Å². The van der Waals surface area contributed by atoms with Crippen molar-refractivity contribution in [2.45, 2.75) is 6.92 Å². The van der Waals surface area contributed by atoms with Crippen LogP contribution in [0.3, 0.4) is 0 Å². The lowest BCUT2D eigenvalue weighted by Gasteiger charge is -2.13. The van der Waals surface area contributed by atoms with Crippen molar-refractivity contribution in [1.29, 1.82) is 0 Å². The fourth-order valence-electron chi connectivity index (χ4n) is 2.42. The Morgan fingerprint density at radius 1 is 1.11 bits per heavy atom. The lowest BCUT2D eigenvalue weighted by molar-refractivity contribution is -0.118. The molecule has 1 aromatic heterocycles. The van der Waals surface area contributed by atoms with Crippen molar-refractivity contribution in [3.63, 3.8) is 0 Å². The van der Waals surface area contributed by atoms with Crippen molar-refractivity contribution in [3.05, 3.63) is 48.3 Å². The van der Waals surface area contributed by atoms with Gasteiger partial charge >= 0.3 is 0 Å². The first-order valence-corrected chi connectivity index (χ1v) is 8.15. The Morgan fingerprint density at radius 3 is 2.63 bits per heavy atom. The third kappa shape index (κ3) is 4.35. The number of aryl methyl sites for hydroxylation is 1. The van der Waals surface area contributed by atoms with Gasteiger partial charge in [-0.2, -0.15) is 4.98 Å². The maximum Gasteiger partial charge on any atom is 0.262 e. The Kier molecular flexibility index (Phi) is 5.55. The Bertz CT molecular complexity index is 939. The van der Waals surface area contributed by atoms with Crippen molar-refractivity contribution >= 4 is 11.6 Å². The molecule has 8 nitrogen and oxygen atoms in total. The first-order chi connectivity index (χ1) is 13.1. The van der Waals surface area contributed by atoms with Crippen LogP contribution in [0.15, 0.2) is 47.0 Å². The number of rotatable bonds is 7. The van der Waals surface area contributed by atoms with Crippen LogP contribution in [0, 0.1) is 6.92 Å². The molecular formula is C19H19N3O5. The highest BCUT2D eigenvalue weighted by atomic mass is 16.5. The van der Waals surface area contributed by atoms with Gasteiger partial charge in [0.1, 0.15) is 17.2 Å². The van der Waals surface area contributed by atoms with E-state index in [1.54, 1.807) is 50.4 Å². The monoisotopic (exact) mass is 369 g/mol. The van der Waals surface area contributed by atoms with Gasteiger partial charge in [-0.15, -0.1) is 0 Å². The summed E-state index contributed by atoms with van der Waals surface area (Å²) in [5.74, 6) is 2.09. The van der Waals surface area contributed by atoms with Gasteiger partial charge < -0.3 is 24.1 Å². The summed E-state index contributed by atoms with van der Waals surface area (Å²) in [4.78, 5) is 16.5. The summed E-state index contributed by atoms with van der Waals surface area (Å²) in [5, 5.41) is 6.52. The summed E-state index contributed by atoms with van der Waals surface area (Å²) in [6, 6.07) is 12.3. The first kappa shape index (κ1) is 18.2. The van der Waals surface area contributed by atoms with E-state index in [0.717, 1.165) is 0 Å². The van der Waals surface area contributed by atoms with E-state index >= 15 is 0 Å². The normalized spacial score (nSPS) is 10.3. The third-order valence-corrected chi connectivity index (χ3v) is 3.68. The van der Waals surface area contributed by atoms with Crippen molar-refractivity contribution in [2.24, 2.45) is 0 Å². The van der Waals surface area contributed by atoms with Crippen molar-refractivity contribution in [2.75, 3.05) is 26.1 Å². The molecule has 0 aliphatic rings. The molecule has 0 fully saturated rings. The summed E-state index contributed by atoms with van der Waals surface area (Å²) < 4.78 is 21.2. The predicted octanol–water partition coefficient (Wildman–Crippen LogP) is 3.08. The lowest BCUT2D eigenvalue weighted by Crippen LogP contribution is -2.20. The number of methoxy groups -OCH3 is 2. The Labute approximate surface area is 156 Å². The van der Waals surface area contributed by atoms with Gasteiger partial charge in [-0.05, 0) is 31.2 Å². The molecule has 140 valence electrons. The smallest absolute Gasteiger partial charge is 0.262 e. The van der Waals surface area contributed by atoms with Crippen LogP contribution in [0.4, 0.5) is 5.69 Å². The molecule has 0 saturated carbocycles. The average Bonchev–Trinajstić information content (AvgIpc) is 3.12. The maximum atomic E-state index is 12.3. The number of anilines is 1. The Morgan fingerprint density at radius 2 is 1.93 bits per heavy atom. The molecular weight excluding hydrogens is 350 g/mol. The van der Waals surface area contributed by atoms with Crippen molar-refractivity contribution in [3.8, 4) is 28.7 Å². The molecule has 2 aromatic carbocycles. The predicted molar refractivity (Wildman–Crippen MR) is 98.1 cm³/mol. The van der Waals surface area contributed by atoms with Gasteiger partial charge in [0, 0.05) is 6.07 Å². The molecule has 1 heterocycles. The molecule has 0 saturated heterocycles. The minimum Gasteiger partial charge on any atom is -0.497 e. The number of hydrogen-bond acceptors (Lipinski definition) is 7. The van der Waals surface area contributed by atoms with Gasteiger partial charge in [-0.1, -0.05) is 17.3 Å². The zero-order chi connectivity index (χ0) is 19.2. The molecule has 3 aromatic rings. The van der Waals surface area contributed by atoms with Gasteiger partial charge in [0.15, 0.2) is 12.4 Å². The SMILES string of the molecule is COc1ccc(OC)c(NC(=O)COc2ccccc2-c2nc(C)no2)c1. The largest absolute Gasteiger partial charge is 0.497 e. The van der Waals surface area contributed by atoms with Crippen LogP contribution in [-0.2, 0) is 4.79 Å². The number of carbonyl (C=O) groups excluding carboxylic acids is 1. The Balaban J connectivity index is 1.70. The zero-order valence-corrected chi connectivity index (χ0v) is 15.2. The third-order valence-electron chi connectivity index (χ3n) is 3.68. The number of hydrogen-bond donors (Lipinski definition) is 1. The highest BCUT2D eigenvalue weighted by molar-refractivity contribution is 5.93. The number of amides is 1. The summed E-state index contributed by atoms with van der Waals surface area (Å²) in [6.45, 7) is 1.52. The number of carbonyl (C=O) groups is 1. The molecule has 0 atom stereocenters. The number of benzene rings is 2. The van der Waals surface area contributed by atoms with Gasteiger partial charge in [-0.3, -0.25) is 4.79 Å². The van der Waals surface area contributed by atoms with Gasteiger partial charge in [0.05, 0.1) is 25.5 Å². The molecule has 3 rings (SSSR count). The minimum atomic E-state index is -0.349. The van der Waals surface area contributed by atoms with Crippen molar-refractivity contribution in [1.82, 2.24) is 10.1 Å². The fourth-order valence-corrected chi connectivity index (χ4v) is 2.42. The van der Waals surface area contributed by atoms with E-state index in [0.29, 0.717) is 40.2 Å². The zero-order valence-electron chi connectivity index (χ0n) is 15.2. The van der Waals surface area contributed by atoms with Gasteiger partial charge in [0.25, 0.3) is 11.8 Å². The van der Waals surface area contributed by atoms with E-state index in [9.17, 15) is 4.79 Å². The van der Waals surface area contributed by atoms with Crippen LogP contribution in [0.1, 0.15) is 5.82 Å². The molecule has 1 amide bonds. The maximum absolute atomic E-state index is 12.3. The average molecular weight is 369 g/mol. The summed E-state index contributed by atoms with van der Waals surface area (Å²) in [5.41, 5.74) is 1.11. The lowest BCUT2D eigenvalue weighted by atomic mass is 10.2. The second-order valence-electron chi connectivity index (χ2n) is 5.55. The van der Waals surface area contributed by atoms with Crippen LogP contribution >= 0.6 is 0 Å². The fraction of sp³-hybridized carbons (Fsp3) is 0.211. The molecule has 1 N–H and O–H groups in total. The molecule has 27 heavy (non-hydrogen) atoms. The standard InChI is InChI=1S/C19H19N3O5/c1-12-20-19(27-22-12)14-6-4-5-7-16(14)26-11-18(23)21-15-10-13(24-2)8-9-17(15)25-3/h4-10H,11H2,1-3H3,(H,21,23). The van der Waals surface area contributed by atoms with Crippen LogP contribution in [0.2, 0.25) is 0 Å². The van der Waals surface area contributed by atoms with E-state index in [2.05, 4.69) is 15.5 Å². The van der Waals surface area contributed by atoms with Gasteiger partial charge in [-0.25, -0.2) is 0 Å². The number of nitrogens with zero attached hydrogens (tertiary/aromatic N) is 2. The van der Waals surface area contributed by atoms with Crippen molar-refractivity contribution < 1.29 is 23.5 Å². The number of nitrogens with one attached hydrogen (secondary N) is 1. The summed E-state index contributed by atoms with van der Waals surface area (Å²) in [7, 11) is 3.07. The second-order valence-corrected chi connectivity index (χ2v) is 5.55. The van der Waals surface area contributed by atoms with E-state index in [-0.39, 0.29) is 12.5 Å². The van der Waals surface area contributed by atoms with Crippen LogP contribution in [0.25, 0.3) is 11.5 Å². The Hall–Kier alpha value is -3.55. The van der Waals surface area contributed by atoms with Crippen LogP contribution in [0.5, 0.6) is 17.2 Å². The first-order valence-electron chi connectivity index (χ1n) is 8.15. The number of aromatic nitrogens is 2. The summed E-state index contributed by atoms with van der Waals surface area (Å²) >= 11 is 0.